The zero-order chi connectivity index (χ0) is 12.3. The standard InChI is InChI=1S/C13H15ClN2S/c1-16(9-12-3-2-6-17-12)8-10-7-11(15)4-5-13(10)14/h2-7H,8-9,15H2,1H3. The molecule has 0 aliphatic heterocycles. The molecule has 0 saturated carbocycles. The maximum Gasteiger partial charge on any atom is 0.0452 e. The topological polar surface area (TPSA) is 29.3 Å². The molecule has 1 aromatic carbocycles. The van der Waals surface area contributed by atoms with Crippen LogP contribution in [0.5, 0.6) is 0 Å². The minimum Gasteiger partial charge on any atom is -0.399 e. The van der Waals surface area contributed by atoms with E-state index in [1.54, 1.807) is 11.3 Å². The molecule has 90 valence electrons. The molecule has 0 radical (unpaired) electrons. The second kappa shape index (κ2) is 5.54. The van der Waals surface area contributed by atoms with Crippen molar-refractivity contribution >= 4 is 28.6 Å². The third-order valence-corrected chi connectivity index (χ3v) is 3.75. The van der Waals surface area contributed by atoms with Crippen molar-refractivity contribution in [1.82, 2.24) is 4.90 Å². The highest BCUT2D eigenvalue weighted by molar-refractivity contribution is 7.09. The Morgan fingerprint density at radius 1 is 1.29 bits per heavy atom. The van der Waals surface area contributed by atoms with E-state index in [2.05, 4.69) is 29.5 Å². The molecule has 1 heterocycles. The van der Waals surface area contributed by atoms with Gasteiger partial charge < -0.3 is 5.73 Å². The van der Waals surface area contributed by atoms with Crippen LogP contribution in [0.25, 0.3) is 0 Å². The van der Waals surface area contributed by atoms with Crippen LogP contribution in [0, 0.1) is 0 Å². The fourth-order valence-corrected chi connectivity index (χ4v) is 2.69. The number of rotatable bonds is 4. The summed E-state index contributed by atoms with van der Waals surface area (Å²) in [5.74, 6) is 0. The van der Waals surface area contributed by atoms with Crippen LogP contribution < -0.4 is 5.73 Å². The Kier molecular flexibility index (Phi) is 4.05. The Bertz CT molecular complexity index is 482. The molecule has 2 N–H and O–H groups in total. The van der Waals surface area contributed by atoms with Gasteiger partial charge in [0.2, 0.25) is 0 Å². The number of nitrogens with zero attached hydrogens (tertiary/aromatic N) is 1. The quantitative estimate of drug-likeness (QED) is 0.857. The van der Waals surface area contributed by atoms with Crippen molar-refractivity contribution in [2.45, 2.75) is 13.1 Å². The third-order valence-electron chi connectivity index (χ3n) is 2.52. The molecule has 0 amide bonds. The average Bonchev–Trinajstić information content (AvgIpc) is 2.76. The first-order chi connectivity index (χ1) is 8.15. The van der Waals surface area contributed by atoms with Gasteiger partial charge in [0, 0.05) is 28.7 Å². The number of thiophene rings is 1. The lowest BCUT2D eigenvalue weighted by molar-refractivity contribution is 0.322. The predicted molar refractivity (Wildman–Crippen MR) is 75.4 cm³/mol. The van der Waals surface area contributed by atoms with Gasteiger partial charge in [-0.05, 0) is 42.3 Å². The number of hydrogen-bond acceptors (Lipinski definition) is 3. The Hall–Kier alpha value is -1.03. The summed E-state index contributed by atoms with van der Waals surface area (Å²) in [6, 6.07) is 9.83. The van der Waals surface area contributed by atoms with Crippen molar-refractivity contribution in [1.29, 1.82) is 0 Å². The van der Waals surface area contributed by atoms with Gasteiger partial charge in [0.15, 0.2) is 0 Å². The maximum absolute atomic E-state index is 6.14. The second-order valence-electron chi connectivity index (χ2n) is 4.10. The molecule has 0 bridgehead atoms. The van der Waals surface area contributed by atoms with Gasteiger partial charge in [0.25, 0.3) is 0 Å². The summed E-state index contributed by atoms with van der Waals surface area (Å²) in [5, 5.41) is 2.87. The van der Waals surface area contributed by atoms with Crippen LogP contribution in [-0.4, -0.2) is 11.9 Å². The Morgan fingerprint density at radius 3 is 2.82 bits per heavy atom. The van der Waals surface area contributed by atoms with E-state index in [0.29, 0.717) is 0 Å². The molecule has 0 aliphatic carbocycles. The Balaban J connectivity index is 2.02. The summed E-state index contributed by atoms with van der Waals surface area (Å²) in [5.41, 5.74) is 7.60. The van der Waals surface area contributed by atoms with Crippen molar-refractivity contribution in [3.05, 3.63) is 51.2 Å². The summed E-state index contributed by atoms with van der Waals surface area (Å²) in [7, 11) is 2.08. The van der Waals surface area contributed by atoms with Crippen LogP contribution in [-0.2, 0) is 13.1 Å². The van der Waals surface area contributed by atoms with E-state index in [4.69, 9.17) is 17.3 Å². The normalized spacial score (nSPS) is 11.0. The fourth-order valence-electron chi connectivity index (χ4n) is 1.73. The molecule has 17 heavy (non-hydrogen) atoms. The molecular formula is C13H15ClN2S. The van der Waals surface area contributed by atoms with Crippen molar-refractivity contribution < 1.29 is 0 Å². The summed E-state index contributed by atoms with van der Waals surface area (Å²) < 4.78 is 0. The van der Waals surface area contributed by atoms with Gasteiger partial charge in [-0.2, -0.15) is 0 Å². The predicted octanol–water partition coefficient (Wildman–Crippen LogP) is 3.62. The van der Waals surface area contributed by atoms with Crippen LogP contribution in [0.1, 0.15) is 10.4 Å². The lowest BCUT2D eigenvalue weighted by Crippen LogP contribution is -2.16. The largest absolute Gasteiger partial charge is 0.399 e. The molecule has 0 fully saturated rings. The summed E-state index contributed by atoms with van der Waals surface area (Å²) in [4.78, 5) is 3.58. The third kappa shape index (κ3) is 3.46. The van der Waals surface area contributed by atoms with Crippen LogP contribution >= 0.6 is 22.9 Å². The van der Waals surface area contributed by atoms with Crippen LogP contribution in [0.15, 0.2) is 35.7 Å². The highest BCUT2D eigenvalue weighted by Crippen LogP contribution is 2.21. The van der Waals surface area contributed by atoms with Crippen LogP contribution in [0.3, 0.4) is 0 Å². The second-order valence-corrected chi connectivity index (χ2v) is 5.54. The summed E-state index contributed by atoms with van der Waals surface area (Å²) in [6.45, 7) is 1.74. The maximum atomic E-state index is 6.14. The molecule has 2 aromatic rings. The highest BCUT2D eigenvalue weighted by Gasteiger charge is 2.06. The number of nitrogen functional groups attached to an aromatic ring is 1. The molecule has 0 aliphatic rings. The summed E-state index contributed by atoms with van der Waals surface area (Å²) in [6.07, 6.45) is 0. The first kappa shape index (κ1) is 12.4. The van der Waals surface area contributed by atoms with Gasteiger partial charge in [0.1, 0.15) is 0 Å². The van der Waals surface area contributed by atoms with Gasteiger partial charge in [-0.3, -0.25) is 4.90 Å². The molecule has 2 nitrogen and oxygen atoms in total. The molecule has 0 spiro atoms. The molecule has 0 unspecified atom stereocenters. The number of anilines is 1. The van der Waals surface area contributed by atoms with Gasteiger partial charge in [-0.1, -0.05) is 17.7 Å². The van der Waals surface area contributed by atoms with E-state index in [0.717, 1.165) is 29.4 Å². The lowest BCUT2D eigenvalue weighted by atomic mass is 10.2. The van der Waals surface area contributed by atoms with Crippen molar-refractivity contribution in [3.63, 3.8) is 0 Å². The van der Waals surface area contributed by atoms with E-state index in [1.165, 1.54) is 4.88 Å². The van der Waals surface area contributed by atoms with E-state index >= 15 is 0 Å². The minimum atomic E-state index is 0.758. The van der Waals surface area contributed by atoms with E-state index in [1.807, 2.05) is 18.2 Å². The Labute approximate surface area is 111 Å². The number of benzene rings is 1. The van der Waals surface area contributed by atoms with Crippen molar-refractivity contribution in [2.75, 3.05) is 12.8 Å². The zero-order valence-electron chi connectivity index (χ0n) is 9.69. The Morgan fingerprint density at radius 2 is 2.12 bits per heavy atom. The minimum absolute atomic E-state index is 0.758. The first-order valence-corrected chi connectivity index (χ1v) is 6.66. The fraction of sp³-hybridized carbons (Fsp3) is 0.231. The molecule has 1 aromatic heterocycles. The van der Waals surface area contributed by atoms with E-state index < -0.39 is 0 Å². The molecule has 2 rings (SSSR count). The highest BCUT2D eigenvalue weighted by atomic mass is 35.5. The lowest BCUT2D eigenvalue weighted by Gasteiger charge is -2.16. The van der Waals surface area contributed by atoms with Crippen LogP contribution in [0.4, 0.5) is 5.69 Å². The number of hydrogen-bond donors (Lipinski definition) is 1. The SMILES string of the molecule is CN(Cc1cccs1)Cc1cc(N)ccc1Cl. The average molecular weight is 267 g/mol. The van der Waals surface area contributed by atoms with Crippen LogP contribution in [0.2, 0.25) is 5.02 Å². The molecule has 0 saturated heterocycles. The number of nitrogens with two attached hydrogens (primary N) is 1. The summed E-state index contributed by atoms with van der Waals surface area (Å²) >= 11 is 7.91. The van der Waals surface area contributed by atoms with E-state index in [-0.39, 0.29) is 0 Å². The van der Waals surface area contributed by atoms with Gasteiger partial charge in [-0.15, -0.1) is 11.3 Å². The van der Waals surface area contributed by atoms with Gasteiger partial charge >= 0.3 is 0 Å². The van der Waals surface area contributed by atoms with Gasteiger partial charge in [0.05, 0.1) is 0 Å². The zero-order valence-corrected chi connectivity index (χ0v) is 11.3. The smallest absolute Gasteiger partial charge is 0.0452 e. The molecular weight excluding hydrogens is 252 g/mol. The number of halogens is 1. The van der Waals surface area contributed by atoms with Crippen molar-refractivity contribution in [2.24, 2.45) is 0 Å². The van der Waals surface area contributed by atoms with Gasteiger partial charge in [-0.25, -0.2) is 0 Å². The first-order valence-electron chi connectivity index (χ1n) is 5.40. The molecule has 4 heteroatoms. The van der Waals surface area contributed by atoms with E-state index in [9.17, 15) is 0 Å². The van der Waals surface area contributed by atoms with Crippen molar-refractivity contribution in [3.8, 4) is 0 Å². The monoisotopic (exact) mass is 266 g/mol. The molecule has 0 atom stereocenters.